The van der Waals surface area contributed by atoms with Gasteiger partial charge in [0.1, 0.15) is 0 Å². The summed E-state index contributed by atoms with van der Waals surface area (Å²) < 4.78 is 0. The Balaban J connectivity index is 2.54. The zero-order valence-electron chi connectivity index (χ0n) is 8.59. The minimum atomic E-state index is 0.891. The molecular formula is C14H13N. The first-order chi connectivity index (χ1) is 7.20. The first-order valence-corrected chi connectivity index (χ1v) is 4.80. The summed E-state index contributed by atoms with van der Waals surface area (Å²) in [5.41, 5.74) is 3.38. The topological polar surface area (TPSA) is 15.8 Å². The molecule has 1 heterocycles. The SMILES string of the molecule is C=Cc1ccc(-c2cc(=C)[nH]c2=C)cc1. The second kappa shape index (κ2) is 3.62. The Hall–Kier alpha value is -2.02. The maximum Gasteiger partial charge on any atom is 0.0391 e. The molecule has 0 amide bonds. The third-order valence-electron chi connectivity index (χ3n) is 2.41. The van der Waals surface area contributed by atoms with E-state index < -0.39 is 0 Å². The second-order valence-electron chi connectivity index (χ2n) is 3.51. The third kappa shape index (κ3) is 1.77. The van der Waals surface area contributed by atoms with Gasteiger partial charge >= 0.3 is 0 Å². The van der Waals surface area contributed by atoms with Crippen LogP contribution < -0.4 is 10.7 Å². The van der Waals surface area contributed by atoms with Crippen molar-refractivity contribution in [2.45, 2.75) is 0 Å². The van der Waals surface area contributed by atoms with Crippen molar-refractivity contribution in [2.75, 3.05) is 0 Å². The Kier molecular flexibility index (Phi) is 2.30. The Morgan fingerprint density at radius 1 is 1.07 bits per heavy atom. The molecule has 0 unspecified atom stereocenters. The highest BCUT2D eigenvalue weighted by Crippen LogP contribution is 2.15. The lowest BCUT2D eigenvalue weighted by atomic mass is 10.1. The van der Waals surface area contributed by atoms with Crippen LogP contribution in [0.1, 0.15) is 5.56 Å². The lowest BCUT2D eigenvalue weighted by Crippen LogP contribution is -2.06. The Morgan fingerprint density at radius 3 is 2.20 bits per heavy atom. The minimum Gasteiger partial charge on any atom is -0.356 e. The lowest BCUT2D eigenvalue weighted by molar-refractivity contribution is 1.29. The second-order valence-corrected chi connectivity index (χ2v) is 3.51. The average molecular weight is 195 g/mol. The van der Waals surface area contributed by atoms with Crippen LogP contribution in [0.4, 0.5) is 0 Å². The fourth-order valence-electron chi connectivity index (χ4n) is 1.61. The average Bonchev–Trinajstić information content (AvgIpc) is 2.58. The summed E-state index contributed by atoms with van der Waals surface area (Å²) in [6.45, 7) is 11.5. The van der Waals surface area contributed by atoms with Crippen LogP contribution in [0, 0.1) is 0 Å². The van der Waals surface area contributed by atoms with E-state index in [9.17, 15) is 0 Å². The van der Waals surface area contributed by atoms with Crippen LogP contribution in [-0.4, -0.2) is 4.98 Å². The summed E-state index contributed by atoms with van der Waals surface area (Å²) in [6, 6.07) is 10.2. The fourth-order valence-corrected chi connectivity index (χ4v) is 1.61. The van der Waals surface area contributed by atoms with Crippen molar-refractivity contribution in [3.05, 3.63) is 53.2 Å². The van der Waals surface area contributed by atoms with Gasteiger partial charge in [-0.3, -0.25) is 0 Å². The van der Waals surface area contributed by atoms with Crippen LogP contribution in [0.5, 0.6) is 0 Å². The maximum absolute atomic E-state index is 3.94. The van der Waals surface area contributed by atoms with Gasteiger partial charge in [0.15, 0.2) is 0 Å². The van der Waals surface area contributed by atoms with Gasteiger partial charge in [0, 0.05) is 16.3 Å². The molecule has 1 aromatic heterocycles. The van der Waals surface area contributed by atoms with Gasteiger partial charge in [0.05, 0.1) is 0 Å². The Bertz CT molecular complexity index is 573. The molecule has 0 atom stereocenters. The molecule has 0 saturated carbocycles. The van der Waals surface area contributed by atoms with Crippen molar-refractivity contribution in [1.29, 1.82) is 0 Å². The molecule has 1 aromatic carbocycles. The molecule has 1 nitrogen and oxygen atoms in total. The van der Waals surface area contributed by atoms with Gasteiger partial charge in [-0.15, -0.1) is 0 Å². The van der Waals surface area contributed by atoms with Gasteiger partial charge in [-0.1, -0.05) is 50.1 Å². The molecule has 74 valence electrons. The Labute approximate surface area is 89.1 Å². The van der Waals surface area contributed by atoms with Crippen LogP contribution in [0.3, 0.4) is 0 Å². The van der Waals surface area contributed by atoms with Crippen molar-refractivity contribution in [2.24, 2.45) is 0 Å². The highest BCUT2D eigenvalue weighted by molar-refractivity contribution is 5.65. The van der Waals surface area contributed by atoms with E-state index in [0.717, 1.165) is 27.4 Å². The van der Waals surface area contributed by atoms with Crippen molar-refractivity contribution in [3.8, 4) is 11.1 Å². The molecular weight excluding hydrogens is 182 g/mol. The van der Waals surface area contributed by atoms with E-state index in [1.54, 1.807) is 0 Å². The molecule has 0 fully saturated rings. The van der Waals surface area contributed by atoms with E-state index in [1.165, 1.54) is 0 Å². The molecule has 0 aliphatic heterocycles. The number of aromatic amines is 1. The van der Waals surface area contributed by atoms with Crippen molar-refractivity contribution in [3.63, 3.8) is 0 Å². The van der Waals surface area contributed by atoms with Crippen LogP contribution >= 0.6 is 0 Å². The van der Waals surface area contributed by atoms with E-state index in [-0.39, 0.29) is 0 Å². The predicted octanol–water partition coefficient (Wildman–Crippen LogP) is 2.15. The number of nitrogens with one attached hydrogen (secondary N) is 1. The zero-order chi connectivity index (χ0) is 10.8. The first-order valence-electron chi connectivity index (χ1n) is 4.80. The van der Waals surface area contributed by atoms with Crippen LogP contribution in [-0.2, 0) is 0 Å². The molecule has 1 N–H and O–H groups in total. The molecule has 2 rings (SSSR count). The van der Waals surface area contributed by atoms with Crippen molar-refractivity contribution in [1.82, 2.24) is 4.98 Å². The molecule has 15 heavy (non-hydrogen) atoms. The highest BCUT2D eigenvalue weighted by atomic mass is 14.7. The van der Waals surface area contributed by atoms with E-state index in [4.69, 9.17) is 0 Å². The number of hydrogen-bond acceptors (Lipinski definition) is 0. The van der Waals surface area contributed by atoms with Gasteiger partial charge in [0.2, 0.25) is 0 Å². The molecule has 2 aromatic rings. The highest BCUT2D eigenvalue weighted by Gasteiger charge is 1.99. The molecule has 0 saturated heterocycles. The largest absolute Gasteiger partial charge is 0.356 e. The smallest absolute Gasteiger partial charge is 0.0391 e. The van der Waals surface area contributed by atoms with Gasteiger partial charge in [-0.2, -0.15) is 0 Å². The van der Waals surface area contributed by atoms with Gasteiger partial charge in [-0.25, -0.2) is 0 Å². The summed E-state index contributed by atoms with van der Waals surface area (Å²) >= 11 is 0. The molecule has 0 bridgehead atoms. The fraction of sp³-hybridized carbons (Fsp3) is 0. The number of H-pyrrole nitrogens is 1. The molecule has 0 spiro atoms. The normalized spacial score (nSPS) is 10.1. The van der Waals surface area contributed by atoms with Crippen LogP contribution in [0.15, 0.2) is 36.9 Å². The summed E-state index contributed by atoms with van der Waals surface area (Å²) in [6.07, 6.45) is 1.83. The van der Waals surface area contributed by atoms with E-state index in [2.05, 4.69) is 36.9 Å². The Morgan fingerprint density at radius 2 is 1.73 bits per heavy atom. The maximum atomic E-state index is 3.94. The lowest BCUT2D eigenvalue weighted by Gasteiger charge is -1.98. The van der Waals surface area contributed by atoms with E-state index >= 15 is 0 Å². The number of benzene rings is 1. The first kappa shape index (κ1) is 9.53. The number of aromatic nitrogens is 1. The quantitative estimate of drug-likeness (QED) is 0.755. The van der Waals surface area contributed by atoms with Crippen LogP contribution in [0.25, 0.3) is 30.4 Å². The summed E-state index contributed by atoms with van der Waals surface area (Å²) in [4.78, 5) is 3.09. The molecule has 0 radical (unpaired) electrons. The van der Waals surface area contributed by atoms with Crippen LogP contribution in [0.2, 0.25) is 0 Å². The molecule has 0 aliphatic carbocycles. The summed E-state index contributed by atoms with van der Waals surface area (Å²) in [5, 5.41) is 1.80. The third-order valence-corrected chi connectivity index (χ3v) is 2.41. The number of rotatable bonds is 2. The zero-order valence-corrected chi connectivity index (χ0v) is 8.59. The molecule has 1 heteroatoms. The van der Waals surface area contributed by atoms with E-state index in [1.807, 2.05) is 24.3 Å². The monoisotopic (exact) mass is 195 g/mol. The minimum absolute atomic E-state index is 0.891. The van der Waals surface area contributed by atoms with Gasteiger partial charge in [0.25, 0.3) is 0 Å². The number of hydrogen-bond donors (Lipinski definition) is 1. The standard InChI is InChI=1S/C14H13N/c1-4-12-5-7-13(8-6-12)14-9-10(2)15-11(14)3/h4-9,15H,1-3H2. The predicted molar refractivity (Wildman–Crippen MR) is 66.6 cm³/mol. The molecule has 0 aliphatic rings. The van der Waals surface area contributed by atoms with Gasteiger partial charge < -0.3 is 4.98 Å². The summed E-state index contributed by atoms with van der Waals surface area (Å²) in [7, 11) is 0. The van der Waals surface area contributed by atoms with E-state index in [0.29, 0.717) is 0 Å². The van der Waals surface area contributed by atoms with Crippen molar-refractivity contribution < 1.29 is 0 Å². The van der Waals surface area contributed by atoms with Crippen molar-refractivity contribution >= 4 is 19.2 Å². The van der Waals surface area contributed by atoms with Gasteiger partial charge in [-0.05, 0) is 17.2 Å². The summed E-state index contributed by atoms with van der Waals surface area (Å²) in [5.74, 6) is 0.